The Morgan fingerprint density at radius 3 is 2.55 bits per heavy atom. The molecule has 0 saturated carbocycles. The molecule has 0 spiro atoms. The van der Waals surface area contributed by atoms with Crippen molar-refractivity contribution in [2.75, 3.05) is 17.2 Å². The van der Waals surface area contributed by atoms with E-state index in [0.29, 0.717) is 11.3 Å². The van der Waals surface area contributed by atoms with E-state index in [2.05, 4.69) is 0 Å². The minimum absolute atomic E-state index is 0.0899. The topological polar surface area (TPSA) is 54.5 Å². The van der Waals surface area contributed by atoms with Gasteiger partial charge >= 0.3 is 0 Å². The molecule has 22 heavy (non-hydrogen) atoms. The summed E-state index contributed by atoms with van der Waals surface area (Å²) in [7, 11) is -3.36. The molecular formula is C16H14FNO3S. The lowest BCUT2D eigenvalue weighted by Gasteiger charge is -2.29. The number of nitrogens with zero attached hydrogens (tertiary/aromatic N) is 1. The Kier molecular flexibility index (Phi) is 3.70. The molecule has 2 aromatic rings. The lowest BCUT2D eigenvalue weighted by molar-refractivity contribution is -0.118. The molecule has 0 aromatic heterocycles. The first-order chi connectivity index (χ1) is 10.5. The standard InChI is InChI=1S/C16H14FNO3S/c17-13-6-2-1-5-12(13)11-16(19)18-9-10-22(20,21)15-8-4-3-7-14(15)18/h1-8H,9-11H2. The van der Waals surface area contributed by atoms with Gasteiger partial charge in [0.05, 0.1) is 22.8 Å². The van der Waals surface area contributed by atoms with Gasteiger partial charge in [-0.25, -0.2) is 12.8 Å². The maximum absolute atomic E-state index is 13.7. The van der Waals surface area contributed by atoms with Crippen LogP contribution in [-0.2, 0) is 21.1 Å². The first-order valence-corrected chi connectivity index (χ1v) is 8.50. The van der Waals surface area contributed by atoms with Crippen molar-refractivity contribution in [1.82, 2.24) is 0 Å². The molecule has 0 unspecified atom stereocenters. The largest absolute Gasteiger partial charge is 0.310 e. The Morgan fingerprint density at radius 1 is 1.09 bits per heavy atom. The molecule has 0 bridgehead atoms. The van der Waals surface area contributed by atoms with Crippen LogP contribution in [0.5, 0.6) is 0 Å². The number of halogens is 1. The number of para-hydroxylation sites is 1. The quantitative estimate of drug-likeness (QED) is 0.852. The molecule has 114 valence electrons. The van der Waals surface area contributed by atoms with Crippen LogP contribution >= 0.6 is 0 Å². The highest BCUT2D eigenvalue weighted by Crippen LogP contribution is 2.30. The second kappa shape index (κ2) is 5.53. The summed E-state index contributed by atoms with van der Waals surface area (Å²) in [5, 5.41) is 0. The van der Waals surface area contributed by atoms with Crippen molar-refractivity contribution in [2.24, 2.45) is 0 Å². The lowest BCUT2D eigenvalue weighted by Crippen LogP contribution is -2.40. The minimum atomic E-state index is -3.36. The van der Waals surface area contributed by atoms with E-state index in [1.54, 1.807) is 36.4 Å². The summed E-state index contributed by atoms with van der Waals surface area (Å²) in [6.45, 7) is 0.0899. The van der Waals surface area contributed by atoms with Gasteiger partial charge in [0.1, 0.15) is 5.82 Å². The third-order valence-corrected chi connectivity index (χ3v) is 5.41. The van der Waals surface area contributed by atoms with Gasteiger partial charge in [-0.1, -0.05) is 30.3 Å². The molecule has 0 N–H and O–H groups in total. The van der Waals surface area contributed by atoms with Crippen molar-refractivity contribution in [2.45, 2.75) is 11.3 Å². The van der Waals surface area contributed by atoms with Gasteiger partial charge in [-0.2, -0.15) is 0 Å². The predicted molar refractivity (Wildman–Crippen MR) is 81.0 cm³/mol. The molecular weight excluding hydrogens is 305 g/mol. The van der Waals surface area contributed by atoms with Crippen molar-refractivity contribution in [3.05, 3.63) is 59.9 Å². The summed E-state index contributed by atoms with van der Waals surface area (Å²) in [5.41, 5.74) is 0.675. The van der Waals surface area contributed by atoms with Gasteiger partial charge in [0.25, 0.3) is 0 Å². The highest BCUT2D eigenvalue weighted by Gasteiger charge is 2.31. The zero-order valence-corrected chi connectivity index (χ0v) is 12.5. The second-order valence-electron chi connectivity index (χ2n) is 5.10. The molecule has 1 aliphatic rings. The smallest absolute Gasteiger partial charge is 0.231 e. The number of benzene rings is 2. The minimum Gasteiger partial charge on any atom is -0.310 e. The zero-order valence-electron chi connectivity index (χ0n) is 11.7. The van der Waals surface area contributed by atoms with E-state index in [4.69, 9.17) is 0 Å². The van der Waals surface area contributed by atoms with Crippen molar-refractivity contribution in [3.63, 3.8) is 0 Å². The Hall–Kier alpha value is -2.21. The molecule has 2 aromatic carbocycles. The molecule has 0 radical (unpaired) electrons. The molecule has 4 nitrogen and oxygen atoms in total. The van der Waals surface area contributed by atoms with E-state index in [0.717, 1.165) is 0 Å². The predicted octanol–water partition coefficient (Wildman–Crippen LogP) is 2.19. The van der Waals surface area contributed by atoms with Crippen LogP contribution in [0.1, 0.15) is 5.56 Å². The van der Waals surface area contributed by atoms with Crippen molar-refractivity contribution < 1.29 is 17.6 Å². The fourth-order valence-corrected chi connectivity index (χ4v) is 3.97. The van der Waals surface area contributed by atoms with Gasteiger partial charge in [0.15, 0.2) is 9.84 Å². The van der Waals surface area contributed by atoms with E-state index in [1.807, 2.05) is 0 Å². The van der Waals surface area contributed by atoms with E-state index in [-0.39, 0.29) is 29.5 Å². The van der Waals surface area contributed by atoms with Crippen LogP contribution in [0.4, 0.5) is 10.1 Å². The number of hydrogen-bond acceptors (Lipinski definition) is 3. The van der Waals surface area contributed by atoms with Gasteiger partial charge in [-0.3, -0.25) is 4.79 Å². The number of amides is 1. The maximum Gasteiger partial charge on any atom is 0.231 e. The third-order valence-electron chi connectivity index (χ3n) is 3.68. The monoisotopic (exact) mass is 319 g/mol. The van der Waals surface area contributed by atoms with Crippen molar-refractivity contribution in [1.29, 1.82) is 0 Å². The normalized spacial score (nSPS) is 16.1. The summed E-state index contributed by atoms with van der Waals surface area (Å²) in [5.74, 6) is -0.867. The molecule has 0 fully saturated rings. The van der Waals surface area contributed by atoms with Crippen LogP contribution in [0.25, 0.3) is 0 Å². The van der Waals surface area contributed by atoms with Gasteiger partial charge in [0, 0.05) is 6.54 Å². The molecule has 6 heteroatoms. The summed E-state index contributed by atoms with van der Waals surface area (Å²) in [6.07, 6.45) is -0.0962. The maximum atomic E-state index is 13.7. The summed E-state index contributed by atoms with van der Waals surface area (Å²) < 4.78 is 37.8. The van der Waals surface area contributed by atoms with E-state index in [1.165, 1.54) is 17.0 Å². The van der Waals surface area contributed by atoms with Gasteiger partial charge in [-0.15, -0.1) is 0 Å². The number of fused-ring (bicyclic) bond motifs is 1. The Bertz CT molecular complexity index is 833. The van der Waals surface area contributed by atoms with Gasteiger partial charge in [-0.05, 0) is 23.8 Å². The summed E-state index contributed by atoms with van der Waals surface area (Å²) in [6, 6.07) is 12.5. The van der Waals surface area contributed by atoms with Crippen LogP contribution in [-0.4, -0.2) is 26.6 Å². The van der Waals surface area contributed by atoms with E-state index >= 15 is 0 Å². The number of carbonyl (C=O) groups is 1. The molecule has 0 atom stereocenters. The second-order valence-corrected chi connectivity index (χ2v) is 7.18. The number of rotatable bonds is 2. The van der Waals surface area contributed by atoms with Crippen LogP contribution in [0.15, 0.2) is 53.4 Å². The van der Waals surface area contributed by atoms with Crippen LogP contribution in [0.3, 0.4) is 0 Å². The van der Waals surface area contributed by atoms with Crippen LogP contribution in [0.2, 0.25) is 0 Å². The van der Waals surface area contributed by atoms with E-state index in [9.17, 15) is 17.6 Å². The highest BCUT2D eigenvalue weighted by molar-refractivity contribution is 7.91. The SMILES string of the molecule is O=C(Cc1ccccc1F)N1CCS(=O)(=O)c2ccccc21. The summed E-state index contributed by atoms with van der Waals surface area (Å²) >= 11 is 0. The van der Waals surface area contributed by atoms with Crippen LogP contribution in [0, 0.1) is 5.82 Å². The average Bonchev–Trinajstić information content (AvgIpc) is 2.50. The van der Waals surface area contributed by atoms with E-state index < -0.39 is 15.7 Å². The van der Waals surface area contributed by atoms with Gasteiger partial charge < -0.3 is 4.90 Å². The molecule has 1 heterocycles. The Morgan fingerprint density at radius 2 is 1.77 bits per heavy atom. The third kappa shape index (κ3) is 2.62. The lowest BCUT2D eigenvalue weighted by atomic mass is 10.1. The fourth-order valence-electron chi connectivity index (χ4n) is 2.54. The number of sulfone groups is 1. The first kappa shape index (κ1) is 14.7. The summed E-state index contributed by atoms with van der Waals surface area (Å²) in [4.78, 5) is 14.0. The molecule has 1 aliphatic heterocycles. The zero-order chi connectivity index (χ0) is 15.7. The van der Waals surface area contributed by atoms with Crippen LogP contribution < -0.4 is 4.90 Å². The molecule has 0 aliphatic carbocycles. The number of hydrogen-bond donors (Lipinski definition) is 0. The number of anilines is 1. The Labute approximate surface area is 128 Å². The molecule has 3 rings (SSSR count). The Balaban J connectivity index is 1.93. The van der Waals surface area contributed by atoms with Gasteiger partial charge in [0.2, 0.25) is 5.91 Å². The van der Waals surface area contributed by atoms with Crippen molar-refractivity contribution >= 4 is 21.4 Å². The molecule has 0 saturated heterocycles. The first-order valence-electron chi connectivity index (χ1n) is 6.84. The number of carbonyl (C=O) groups excluding carboxylic acids is 1. The molecule has 1 amide bonds. The average molecular weight is 319 g/mol. The van der Waals surface area contributed by atoms with Crippen molar-refractivity contribution in [3.8, 4) is 0 Å². The fraction of sp³-hybridized carbons (Fsp3) is 0.188. The highest BCUT2D eigenvalue weighted by atomic mass is 32.2.